The Bertz CT molecular complexity index is 242. The van der Waals surface area contributed by atoms with Crippen molar-refractivity contribution in [3.05, 3.63) is 35.9 Å². The van der Waals surface area contributed by atoms with Crippen molar-refractivity contribution in [2.24, 2.45) is 0 Å². The largest absolute Gasteiger partial charge is 0.396 e. The zero-order valence-corrected chi connectivity index (χ0v) is 9.06. The van der Waals surface area contributed by atoms with E-state index >= 15 is 0 Å². The highest BCUT2D eigenvalue weighted by atomic mass is 16.5. The number of hydrogen-bond donors (Lipinski definition) is 1. The number of ether oxygens (including phenoxy) is 2. The highest BCUT2D eigenvalue weighted by Crippen LogP contribution is 2.06. The maximum atomic E-state index is 8.82. The molecule has 0 aliphatic rings. The monoisotopic (exact) mass is 210 g/mol. The van der Waals surface area contributed by atoms with Gasteiger partial charge in [-0.1, -0.05) is 30.3 Å². The summed E-state index contributed by atoms with van der Waals surface area (Å²) in [7, 11) is 1.64. The molecule has 0 heterocycles. The number of hydrogen-bond acceptors (Lipinski definition) is 3. The lowest BCUT2D eigenvalue weighted by molar-refractivity contribution is -0.0227. The van der Waals surface area contributed by atoms with Crippen molar-refractivity contribution >= 4 is 0 Å². The van der Waals surface area contributed by atoms with Crippen LogP contribution in [0.3, 0.4) is 0 Å². The fraction of sp³-hybridized carbons (Fsp3) is 0.500. The highest BCUT2D eigenvalue weighted by molar-refractivity contribution is 5.13. The van der Waals surface area contributed by atoms with E-state index in [-0.39, 0.29) is 12.7 Å². The van der Waals surface area contributed by atoms with Crippen LogP contribution in [0, 0.1) is 0 Å². The van der Waals surface area contributed by atoms with E-state index < -0.39 is 0 Å². The Labute approximate surface area is 90.6 Å². The molecule has 0 saturated carbocycles. The zero-order valence-electron chi connectivity index (χ0n) is 9.06. The van der Waals surface area contributed by atoms with E-state index in [2.05, 4.69) is 0 Å². The van der Waals surface area contributed by atoms with E-state index in [1.54, 1.807) is 7.11 Å². The Kier molecular flexibility index (Phi) is 6.00. The van der Waals surface area contributed by atoms with Gasteiger partial charge >= 0.3 is 0 Å². The van der Waals surface area contributed by atoms with Crippen LogP contribution >= 0.6 is 0 Å². The molecule has 1 aromatic rings. The summed E-state index contributed by atoms with van der Waals surface area (Å²) in [6, 6.07) is 9.97. The van der Waals surface area contributed by atoms with Crippen LogP contribution < -0.4 is 0 Å². The molecule has 0 aromatic heterocycles. The quantitative estimate of drug-likeness (QED) is 0.743. The Morgan fingerprint density at radius 1 is 1.27 bits per heavy atom. The molecule has 84 valence electrons. The van der Waals surface area contributed by atoms with Crippen molar-refractivity contribution in [3.63, 3.8) is 0 Å². The molecular weight excluding hydrogens is 192 g/mol. The first-order valence-electron chi connectivity index (χ1n) is 5.12. The molecular formula is C12H18O3. The molecule has 0 amide bonds. The summed E-state index contributed by atoms with van der Waals surface area (Å²) in [6.45, 7) is 1.21. The van der Waals surface area contributed by atoms with Gasteiger partial charge in [0, 0.05) is 13.7 Å². The molecule has 0 radical (unpaired) electrons. The number of methoxy groups -OCH3 is 1. The van der Waals surface area contributed by atoms with Gasteiger partial charge < -0.3 is 14.6 Å². The smallest absolute Gasteiger partial charge is 0.0834 e. The van der Waals surface area contributed by atoms with Gasteiger partial charge in [0.25, 0.3) is 0 Å². The van der Waals surface area contributed by atoms with Gasteiger partial charge in [-0.15, -0.1) is 0 Å². The van der Waals surface area contributed by atoms with E-state index in [0.717, 1.165) is 5.56 Å². The van der Waals surface area contributed by atoms with E-state index in [9.17, 15) is 0 Å². The van der Waals surface area contributed by atoms with Gasteiger partial charge in [-0.25, -0.2) is 0 Å². The molecule has 1 aromatic carbocycles. The van der Waals surface area contributed by atoms with Crippen LogP contribution in [-0.4, -0.2) is 31.5 Å². The van der Waals surface area contributed by atoms with E-state index in [0.29, 0.717) is 19.6 Å². The number of rotatable bonds is 7. The summed E-state index contributed by atoms with van der Waals surface area (Å²) in [4.78, 5) is 0. The zero-order chi connectivity index (χ0) is 10.9. The predicted molar refractivity (Wildman–Crippen MR) is 58.6 cm³/mol. The minimum absolute atomic E-state index is 0.0276. The maximum Gasteiger partial charge on any atom is 0.0834 e. The molecule has 1 unspecified atom stereocenters. The Morgan fingerprint density at radius 2 is 2.00 bits per heavy atom. The van der Waals surface area contributed by atoms with E-state index in [1.807, 2.05) is 30.3 Å². The number of aliphatic hydroxyl groups excluding tert-OH is 1. The lowest BCUT2D eigenvalue weighted by Gasteiger charge is -2.15. The van der Waals surface area contributed by atoms with Crippen LogP contribution in [0.5, 0.6) is 0 Å². The Hall–Kier alpha value is -0.900. The molecule has 0 spiro atoms. The summed E-state index contributed by atoms with van der Waals surface area (Å²) in [5.74, 6) is 0. The Morgan fingerprint density at radius 3 is 2.60 bits per heavy atom. The topological polar surface area (TPSA) is 38.7 Å². The van der Waals surface area contributed by atoms with Crippen LogP contribution in [0.2, 0.25) is 0 Å². The lowest BCUT2D eigenvalue weighted by atomic mass is 10.2. The summed E-state index contributed by atoms with van der Waals surface area (Å²) in [6.07, 6.45) is 0.584. The van der Waals surface area contributed by atoms with Crippen molar-refractivity contribution < 1.29 is 14.6 Å². The van der Waals surface area contributed by atoms with Gasteiger partial charge in [0.05, 0.1) is 19.3 Å². The molecule has 0 aliphatic heterocycles. The highest BCUT2D eigenvalue weighted by Gasteiger charge is 2.07. The predicted octanol–water partition coefficient (Wildman–Crippen LogP) is 1.60. The first-order valence-corrected chi connectivity index (χ1v) is 5.12. The fourth-order valence-corrected chi connectivity index (χ4v) is 1.33. The molecule has 0 aliphatic carbocycles. The van der Waals surface area contributed by atoms with E-state index in [1.165, 1.54) is 0 Å². The third-order valence-corrected chi connectivity index (χ3v) is 2.13. The third-order valence-electron chi connectivity index (χ3n) is 2.13. The van der Waals surface area contributed by atoms with Gasteiger partial charge in [0.1, 0.15) is 0 Å². The van der Waals surface area contributed by atoms with Gasteiger partial charge in [0.15, 0.2) is 0 Å². The van der Waals surface area contributed by atoms with E-state index in [4.69, 9.17) is 14.6 Å². The maximum absolute atomic E-state index is 8.82. The minimum Gasteiger partial charge on any atom is -0.396 e. The van der Waals surface area contributed by atoms with Gasteiger partial charge in [-0.3, -0.25) is 0 Å². The molecule has 0 fully saturated rings. The first-order chi connectivity index (χ1) is 7.36. The minimum atomic E-state index is -0.0276. The summed E-state index contributed by atoms with van der Waals surface area (Å²) < 4.78 is 10.6. The molecule has 1 rings (SSSR count). The normalized spacial score (nSPS) is 12.7. The van der Waals surface area contributed by atoms with Crippen molar-refractivity contribution in [2.45, 2.75) is 19.1 Å². The van der Waals surface area contributed by atoms with Crippen LogP contribution in [0.4, 0.5) is 0 Å². The van der Waals surface area contributed by atoms with Crippen molar-refractivity contribution in [1.82, 2.24) is 0 Å². The molecule has 1 N–H and O–H groups in total. The standard InChI is InChI=1S/C12H18O3/c1-14-10-12(7-8-13)15-9-11-5-3-2-4-6-11/h2-6,12-13H,7-10H2,1H3. The summed E-state index contributed by atoms with van der Waals surface area (Å²) >= 11 is 0. The van der Waals surface area contributed by atoms with Crippen molar-refractivity contribution in [3.8, 4) is 0 Å². The van der Waals surface area contributed by atoms with Gasteiger partial charge in [-0.2, -0.15) is 0 Å². The molecule has 3 heteroatoms. The second-order valence-corrected chi connectivity index (χ2v) is 3.39. The molecule has 0 bridgehead atoms. The average molecular weight is 210 g/mol. The fourth-order valence-electron chi connectivity index (χ4n) is 1.33. The SMILES string of the molecule is COCC(CCO)OCc1ccccc1. The van der Waals surface area contributed by atoms with Crippen molar-refractivity contribution in [1.29, 1.82) is 0 Å². The van der Waals surface area contributed by atoms with Crippen LogP contribution in [-0.2, 0) is 16.1 Å². The summed E-state index contributed by atoms with van der Waals surface area (Å²) in [5.41, 5.74) is 1.14. The second kappa shape index (κ2) is 7.40. The van der Waals surface area contributed by atoms with Gasteiger partial charge in [-0.05, 0) is 12.0 Å². The molecule has 0 saturated heterocycles. The molecule has 1 atom stereocenters. The number of aliphatic hydroxyl groups is 1. The molecule has 15 heavy (non-hydrogen) atoms. The third kappa shape index (κ3) is 4.93. The summed E-state index contributed by atoms with van der Waals surface area (Å²) in [5, 5.41) is 8.82. The van der Waals surface area contributed by atoms with Crippen LogP contribution in [0.1, 0.15) is 12.0 Å². The van der Waals surface area contributed by atoms with Gasteiger partial charge in [0.2, 0.25) is 0 Å². The van der Waals surface area contributed by atoms with Crippen molar-refractivity contribution in [2.75, 3.05) is 20.3 Å². The van der Waals surface area contributed by atoms with Crippen LogP contribution in [0.25, 0.3) is 0 Å². The Balaban J connectivity index is 2.33. The average Bonchev–Trinajstić information content (AvgIpc) is 2.28. The second-order valence-electron chi connectivity index (χ2n) is 3.39. The molecule has 3 nitrogen and oxygen atoms in total. The first kappa shape index (κ1) is 12.2. The lowest BCUT2D eigenvalue weighted by Crippen LogP contribution is -2.20. The van der Waals surface area contributed by atoms with Crippen LogP contribution in [0.15, 0.2) is 30.3 Å². The number of benzene rings is 1.